The van der Waals surface area contributed by atoms with Crippen LogP contribution in [0.25, 0.3) is 0 Å². The maximum atomic E-state index is 10.1. The molecule has 0 heterocycles. The highest BCUT2D eigenvalue weighted by atomic mass is 16.1. The van der Waals surface area contributed by atoms with E-state index in [9.17, 15) is 4.79 Å². The van der Waals surface area contributed by atoms with Gasteiger partial charge in [0.15, 0.2) is 0 Å². The average Bonchev–Trinajstić information content (AvgIpc) is 1.82. The molecule has 0 spiro atoms. The molecule has 2 heteroatoms. The van der Waals surface area contributed by atoms with E-state index in [0.717, 1.165) is 13.0 Å². The summed E-state index contributed by atoms with van der Waals surface area (Å²) in [5.74, 6) is 0.0972. The number of hydrogen-bond acceptors (Lipinski definition) is 2. The molecule has 0 aliphatic rings. The molecule has 0 rings (SSSR count). The topological polar surface area (TPSA) is 20.3 Å². The van der Waals surface area contributed by atoms with Gasteiger partial charge in [-0.25, -0.2) is 0 Å². The molecule has 1 radical (unpaired) electrons. The van der Waals surface area contributed by atoms with Gasteiger partial charge in [0, 0.05) is 12.5 Å². The zero-order valence-electron chi connectivity index (χ0n) is 6.35. The molecule has 0 saturated carbocycles. The third-order valence-corrected chi connectivity index (χ3v) is 1.25. The Balaban J connectivity index is 3.42. The van der Waals surface area contributed by atoms with E-state index in [1.165, 1.54) is 0 Å². The first kappa shape index (κ1) is 8.63. The van der Waals surface area contributed by atoms with Crippen LogP contribution < -0.4 is 0 Å². The fourth-order valence-electron chi connectivity index (χ4n) is 0.690. The summed E-state index contributed by atoms with van der Waals surface area (Å²) >= 11 is 0. The molecule has 0 aromatic rings. The van der Waals surface area contributed by atoms with Gasteiger partial charge in [-0.1, -0.05) is 6.92 Å². The highest BCUT2D eigenvalue weighted by Crippen LogP contribution is 1.98. The number of rotatable bonds is 4. The Morgan fingerprint density at radius 2 is 2.11 bits per heavy atom. The minimum atomic E-state index is 0.0972. The van der Waals surface area contributed by atoms with Crippen molar-refractivity contribution in [3.63, 3.8) is 0 Å². The number of nitrogens with zero attached hydrogens (tertiary/aromatic N) is 1. The lowest BCUT2D eigenvalue weighted by Crippen LogP contribution is -2.21. The molecule has 0 aliphatic heterocycles. The van der Waals surface area contributed by atoms with E-state index in [2.05, 4.69) is 0 Å². The summed E-state index contributed by atoms with van der Waals surface area (Å²) < 4.78 is 0. The van der Waals surface area contributed by atoms with Crippen molar-refractivity contribution in [2.45, 2.75) is 13.3 Å². The van der Waals surface area contributed by atoms with E-state index >= 15 is 0 Å². The summed E-state index contributed by atoms with van der Waals surface area (Å²) in [4.78, 5) is 12.1. The third kappa shape index (κ3) is 4.15. The summed E-state index contributed by atoms with van der Waals surface area (Å²) in [6.45, 7) is 2.82. The van der Waals surface area contributed by atoms with E-state index in [4.69, 9.17) is 0 Å². The van der Waals surface area contributed by atoms with Gasteiger partial charge in [-0.05, 0) is 20.5 Å². The molecule has 1 unspecified atom stereocenters. The van der Waals surface area contributed by atoms with Crippen molar-refractivity contribution in [2.75, 3.05) is 20.6 Å². The van der Waals surface area contributed by atoms with Crippen molar-refractivity contribution in [3.05, 3.63) is 0 Å². The SMILES string of the molecule is CCC([C]=O)CN(C)C. The Bertz CT molecular complexity index is 81.0. The molecule has 2 nitrogen and oxygen atoms in total. The molecule has 9 heavy (non-hydrogen) atoms. The third-order valence-electron chi connectivity index (χ3n) is 1.25. The van der Waals surface area contributed by atoms with Gasteiger partial charge in [0.25, 0.3) is 0 Å². The standard InChI is InChI=1S/C7H14NO/c1-4-7(6-9)5-8(2)3/h7H,4-5H2,1-3H3. The summed E-state index contributed by atoms with van der Waals surface area (Å²) in [6.07, 6.45) is 2.88. The smallest absolute Gasteiger partial charge is 0.203 e. The van der Waals surface area contributed by atoms with Crippen LogP contribution in [0.4, 0.5) is 0 Å². The fourth-order valence-corrected chi connectivity index (χ4v) is 0.690. The van der Waals surface area contributed by atoms with Gasteiger partial charge in [-0.3, -0.25) is 4.79 Å². The quantitative estimate of drug-likeness (QED) is 0.555. The Kier molecular flexibility index (Phi) is 4.32. The second kappa shape index (κ2) is 4.50. The molecule has 0 bridgehead atoms. The van der Waals surface area contributed by atoms with Crippen LogP contribution >= 0.6 is 0 Å². The fraction of sp³-hybridized carbons (Fsp3) is 0.857. The molecule has 0 fully saturated rings. The van der Waals surface area contributed by atoms with Crippen LogP contribution in [0.15, 0.2) is 0 Å². The van der Waals surface area contributed by atoms with E-state index in [0.29, 0.717) is 0 Å². The first-order valence-corrected chi connectivity index (χ1v) is 3.23. The van der Waals surface area contributed by atoms with Crippen molar-refractivity contribution < 1.29 is 4.79 Å². The Morgan fingerprint density at radius 1 is 1.56 bits per heavy atom. The highest BCUT2D eigenvalue weighted by Gasteiger charge is 2.04. The molecule has 0 aliphatic carbocycles. The molecule has 0 N–H and O–H groups in total. The summed E-state index contributed by atoms with van der Waals surface area (Å²) in [7, 11) is 3.92. The van der Waals surface area contributed by atoms with Crippen LogP contribution in [0.3, 0.4) is 0 Å². The number of hydrogen-bond donors (Lipinski definition) is 0. The second-order valence-electron chi connectivity index (χ2n) is 2.49. The lowest BCUT2D eigenvalue weighted by atomic mass is 10.1. The van der Waals surface area contributed by atoms with Crippen LogP contribution in [-0.2, 0) is 4.79 Å². The van der Waals surface area contributed by atoms with Crippen LogP contribution in [0.1, 0.15) is 13.3 Å². The summed E-state index contributed by atoms with van der Waals surface area (Å²) in [5, 5.41) is 0. The lowest BCUT2D eigenvalue weighted by molar-refractivity contribution is 0.356. The average molecular weight is 128 g/mol. The van der Waals surface area contributed by atoms with E-state index < -0.39 is 0 Å². The van der Waals surface area contributed by atoms with Crippen molar-refractivity contribution in [1.29, 1.82) is 0 Å². The van der Waals surface area contributed by atoms with Gasteiger partial charge in [0.05, 0.1) is 0 Å². The Hall–Kier alpha value is -0.370. The Labute approximate surface area is 56.9 Å². The molecule has 0 saturated heterocycles. The van der Waals surface area contributed by atoms with Crippen molar-refractivity contribution in [3.8, 4) is 0 Å². The Morgan fingerprint density at radius 3 is 2.22 bits per heavy atom. The van der Waals surface area contributed by atoms with Crippen molar-refractivity contribution in [2.24, 2.45) is 5.92 Å². The van der Waals surface area contributed by atoms with Gasteiger partial charge < -0.3 is 4.90 Å². The molecular weight excluding hydrogens is 114 g/mol. The first-order valence-electron chi connectivity index (χ1n) is 3.23. The van der Waals surface area contributed by atoms with Crippen LogP contribution in [-0.4, -0.2) is 31.8 Å². The van der Waals surface area contributed by atoms with E-state index in [-0.39, 0.29) is 5.92 Å². The molecule has 0 amide bonds. The molecule has 53 valence electrons. The lowest BCUT2D eigenvalue weighted by Gasteiger charge is -2.12. The van der Waals surface area contributed by atoms with Gasteiger partial charge in [0.2, 0.25) is 6.29 Å². The summed E-state index contributed by atoms with van der Waals surface area (Å²) in [5.41, 5.74) is 0. The first-order chi connectivity index (χ1) is 4.20. The predicted octanol–water partition coefficient (Wildman–Crippen LogP) is 0.684. The van der Waals surface area contributed by atoms with E-state index in [1.54, 1.807) is 0 Å². The highest BCUT2D eigenvalue weighted by molar-refractivity contribution is 5.54. The molecule has 0 aromatic carbocycles. The van der Waals surface area contributed by atoms with Gasteiger partial charge in [-0.2, -0.15) is 0 Å². The summed E-state index contributed by atoms with van der Waals surface area (Å²) in [6, 6.07) is 0. The monoisotopic (exact) mass is 128 g/mol. The number of carbonyl (C=O) groups excluding carboxylic acids is 1. The maximum Gasteiger partial charge on any atom is 0.203 e. The minimum Gasteiger partial charge on any atom is -0.309 e. The van der Waals surface area contributed by atoms with Gasteiger partial charge in [-0.15, -0.1) is 0 Å². The minimum absolute atomic E-state index is 0.0972. The van der Waals surface area contributed by atoms with Gasteiger partial charge in [0.1, 0.15) is 0 Å². The second-order valence-corrected chi connectivity index (χ2v) is 2.49. The predicted molar refractivity (Wildman–Crippen MR) is 38.0 cm³/mol. The van der Waals surface area contributed by atoms with Crippen LogP contribution in [0.2, 0.25) is 0 Å². The zero-order chi connectivity index (χ0) is 7.28. The molecule has 0 aromatic heterocycles. The van der Waals surface area contributed by atoms with Crippen LogP contribution in [0, 0.1) is 5.92 Å². The largest absolute Gasteiger partial charge is 0.309 e. The normalized spacial score (nSPS) is 13.8. The maximum absolute atomic E-state index is 10.1. The zero-order valence-corrected chi connectivity index (χ0v) is 6.35. The van der Waals surface area contributed by atoms with Crippen molar-refractivity contribution in [1.82, 2.24) is 4.90 Å². The molecule has 1 atom stereocenters. The van der Waals surface area contributed by atoms with Crippen LogP contribution in [0.5, 0.6) is 0 Å². The van der Waals surface area contributed by atoms with Crippen molar-refractivity contribution >= 4 is 6.29 Å². The van der Waals surface area contributed by atoms with E-state index in [1.807, 2.05) is 32.2 Å². The molecular formula is C7H14NO. The van der Waals surface area contributed by atoms with Gasteiger partial charge >= 0.3 is 0 Å².